The van der Waals surface area contributed by atoms with E-state index in [0.717, 1.165) is 12.1 Å². The third-order valence-corrected chi connectivity index (χ3v) is 3.64. The fourth-order valence-corrected chi connectivity index (χ4v) is 2.47. The molecule has 0 saturated carbocycles. The van der Waals surface area contributed by atoms with Crippen molar-refractivity contribution in [2.75, 3.05) is 5.32 Å². The van der Waals surface area contributed by atoms with Crippen LogP contribution in [0.15, 0.2) is 48.7 Å². The highest BCUT2D eigenvalue weighted by Crippen LogP contribution is 2.34. The van der Waals surface area contributed by atoms with Crippen LogP contribution >= 0.6 is 24.0 Å². The van der Waals surface area contributed by atoms with Gasteiger partial charge in [0.2, 0.25) is 0 Å². The van der Waals surface area contributed by atoms with Gasteiger partial charge in [0.25, 0.3) is 0 Å². The second-order valence-electron chi connectivity index (χ2n) is 5.02. The van der Waals surface area contributed by atoms with Gasteiger partial charge in [-0.1, -0.05) is 17.7 Å². The van der Waals surface area contributed by atoms with Gasteiger partial charge < -0.3 is 5.32 Å². The molecule has 0 saturated heterocycles. The number of anilines is 2. The summed E-state index contributed by atoms with van der Waals surface area (Å²) in [5, 5.41) is 13.1. The predicted molar refractivity (Wildman–Crippen MR) is 93.4 cm³/mol. The first-order valence-electron chi connectivity index (χ1n) is 6.81. The molecule has 0 unspecified atom stereocenters. The molecule has 3 nitrogen and oxygen atoms in total. The number of fused-ring (bicyclic) bond motifs is 1. The van der Waals surface area contributed by atoms with E-state index in [4.69, 9.17) is 11.6 Å². The Morgan fingerprint density at radius 1 is 1.12 bits per heavy atom. The quantitative estimate of drug-likeness (QED) is 0.595. The molecule has 8 heteroatoms. The Labute approximate surface area is 152 Å². The van der Waals surface area contributed by atoms with Crippen LogP contribution in [0.25, 0.3) is 10.9 Å². The summed E-state index contributed by atoms with van der Waals surface area (Å²) in [7, 11) is 0. The van der Waals surface area contributed by atoms with Crippen molar-refractivity contribution in [2.45, 2.75) is 6.18 Å². The van der Waals surface area contributed by atoms with E-state index >= 15 is 0 Å². The van der Waals surface area contributed by atoms with Crippen molar-refractivity contribution >= 4 is 46.3 Å². The van der Waals surface area contributed by atoms with Crippen LogP contribution < -0.4 is 5.32 Å². The van der Waals surface area contributed by atoms with Gasteiger partial charge in [0.1, 0.15) is 6.07 Å². The second-order valence-corrected chi connectivity index (χ2v) is 5.46. The van der Waals surface area contributed by atoms with Crippen molar-refractivity contribution in [3.8, 4) is 6.07 Å². The Morgan fingerprint density at radius 3 is 2.56 bits per heavy atom. The van der Waals surface area contributed by atoms with E-state index in [0.29, 0.717) is 21.6 Å². The molecule has 0 aliphatic carbocycles. The van der Waals surface area contributed by atoms with Crippen LogP contribution in [0.2, 0.25) is 5.02 Å². The van der Waals surface area contributed by atoms with Crippen LogP contribution in [-0.4, -0.2) is 4.98 Å². The fourth-order valence-electron chi connectivity index (χ4n) is 2.30. The molecule has 1 N–H and O–H groups in total. The third-order valence-electron chi connectivity index (χ3n) is 3.41. The molecule has 0 fully saturated rings. The highest BCUT2D eigenvalue weighted by Gasteiger charge is 2.30. The minimum atomic E-state index is -4.45. The second kappa shape index (κ2) is 7.18. The number of nitriles is 1. The molecule has 0 radical (unpaired) electrons. The number of hydrogen-bond donors (Lipinski definition) is 1. The van der Waals surface area contributed by atoms with E-state index < -0.39 is 11.7 Å². The molecule has 0 spiro atoms. The summed E-state index contributed by atoms with van der Waals surface area (Å²) in [4.78, 5) is 4.15. The van der Waals surface area contributed by atoms with Gasteiger partial charge in [0.05, 0.1) is 22.3 Å². The van der Waals surface area contributed by atoms with E-state index in [1.165, 1.54) is 18.3 Å². The molecule has 0 aliphatic rings. The Kier molecular flexibility index (Phi) is 5.41. The molecular weight excluding hydrogens is 374 g/mol. The summed E-state index contributed by atoms with van der Waals surface area (Å²) < 4.78 is 38.6. The summed E-state index contributed by atoms with van der Waals surface area (Å²) in [5.74, 6) is 0. The summed E-state index contributed by atoms with van der Waals surface area (Å²) in [6.07, 6.45) is -3.08. The molecule has 0 amide bonds. The lowest BCUT2D eigenvalue weighted by Crippen LogP contribution is -2.05. The molecule has 2 aromatic carbocycles. The highest BCUT2D eigenvalue weighted by atomic mass is 35.5. The molecule has 0 bridgehead atoms. The van der Waals surface area contributed by atoms with Gasteiger partial charge in [-0.3, -0.25) is 4.98 Å². The largest absolute Gasteiger partial charge is 0.416 e. The zero-order valence-corrected chi connectivity index (χ0v) is 14.0. The number of aromatic nitrogens is 1. The number of rotatable bonds is 2. The lowest BCUT2D eigenvalue weighted by molar-refractivity contribution is -0.137. The maximum atomic E-state index is 12.9. The fraction of sp³-hybridized carbons (Fsp3) is 0.0588. The average molecular weight is 384 g/mol. The van der Waals surface area contributed by atoms with Gasteiger partial charge in [-0.25, -0.2) is 0 Å². The first kappa shape index (κ1) is 18.8. The van der Waals surface area contributed by atoms with Gasteiger partial charge in [-0.2, -0.15) is 18.4 Å². The van der Waals surface area contributed by atoms with Crippen LogP contribution in [-0.2, 0) is 6.18 Å². The third kappa shape index (κ3) is 3.95. The van der Waals surface area contributed by atoms with Crippen LogP contribution in [0.3, 0.4) is 0 Å². The maximum Gasteiger partial charge on any atom is 0.416 e. The van der Waals surface area contributed by atoms with Gasteiger partial charge in [0.15, 0.2) is 0 Å². The number of nitrogens with zero attached hydrogens (tertiary/aromatic N) is 2. The first-order valence-corrected chi connectivity index (χ1v) is 7.19. The number of alkyl halides is 3. The normalized spacial score (nSPS) is 10.8. The van der Waals surface area contributed by atoms with Gasteiger partial charge in [-0.05, 0) is 36.4 Å². The number of hydrogen-bond acceptors (Lipinski definition) is 3. The molecule has 0 aliphatic heterocycles. The van der Waals surface area contributed by atoms with Crippen LogP contribution in [0.5, 0.6) is 0 Å². The van der Waals surface area contributed by atoms with Crippen molar-refractivity contribution in [3.05, 3.63) is 64.8 Å². The molecule has 128 valence electrons. The maximum absolute atomic E-state index is 12.9. The molecule has 1 aromatic heterocycles. The van der Waals surface area contributed by atoms with Crippen molar-refractivity contribution < 1.29 is 13.2 Å². The Hall–Kier alpha value is -2.49. The van der Waals surface area contributed by atoms with Gasteiger partial charge >= 0.3 is 6.18 Å². The number of nitrogens with one attached hydrogen (secondary N) is 1. The summed E-state index contributed by atoms with van der Waals surface area (Å²) >= 11 is 5.99. The van der Waals surface area contributed by atoms with Gasteiger partial charge in [-0.15, -0.1) is 12.4 Å². The van der Waals surface area contributed by atoms with E-state index in [9.17, 15) is 18.4 Å². The minimum absolute atomic E-state index is 0. The molecule has 1 heterocycles. The zero-order valence-electron chi connectivity index (χ0n) is 12.4. The van der Waals surface area contributed by atoms with Crippen LogP contribution in [0, 0.1) is 11.3 Å². The minimum Gasteiger partial charge on any atom is -0.354 e. The van der Waals surface area contributed by atoms with Crippen molar-refractivity contribution in [3.63, 3.8) is 0 Å². The first-order chi connectivity index (χ1) is 11.4. The lowest BCUT2D eigenvalue weighted by atomic mass is 10.1. The number of pyridine rings is 1. The van der Waals surface area contributed by atoms with Crippen molar-refractivity contribution in [1.29, 1.82) is 5.26 Å². The topological polar surface area (TPSA) is 48.7 Å². The van der Waals surface area contributed by atoms with Crippen LogP contribution in [0.4, 0.5) is 24.5 Å². The summed E-state index contributed by atoms with van der Waals surface area (Å²) in [6.45, 7) is 0. The average Bonchev–Trinajstić information content (AvgIpc) is 2.55. The predicted octanol–water partition coefficient (Wildman–Crippen LogP) is 5.94. The molecule has 0 atom stereocenters. The van der Waals surface area contributed by atoms with E-state index in [1.807, 2.05) is 6.07 Å². The molecular formula is C17H10Cl2F3N3. The molecule has 3 aromatic rings. The highest BCUT2D eigenvalue weighted by molar-refractivity contribution is 6.31. The number of benzene rings is 2. The van der Waals surface area contributed by atoms with Gasteiger partial charge in [0, 0.05) is 22.3 Å². The molecule has 3 rings (SSSR count). The Balaban J connectivity index is 0.00000225. The smallest absolute Gasteiger partial charge is 0.354 e. The molecule has 25 heavy (non-hydrogen) atoms. The Bertz CT molecular complexity index is 965. The monoisotopic (exact) mass is 383 g/mol. The van der Waals surface area contributed by atoms with E-state index in [-0.39, 0.29) is 23.7 Å². The zero-order chi connectivity index (χ0) is 17.3. The Morgan fingerprint density at radius 2 is 1.88 bits per heavy atom. The summed E-state index contributed by atoms with van der Waals surface area (Å²) in [6, 6.07) is 11.7. The van der Waals surface area contributed by atoms with E-state index in [2.05, 4.69) is 10.3 Å². The summed E-state index contributed by atoms with van der Waals surface area (Å²) in [5.41, 5.74) is 0.593. The SMILES string of the molecule is Cl.N#Cc1cnc2ccc(Cl)cc2c1Nc1cccc(C(F)(F)F)c1. The standard InChI is InChI=1S/C17H9ClF3N3.ClH/c18-12-4-5-15-14(7-12)16(10(8-22)9-23-15)24-13-3-1-2-11(6-13)17(19,20)21;/h1-7,9H,(H,23,24);1H. The van der Waals surface area contributed by atoms with Crippen molar-refractivity contribution in [2.24, 2.45) is 0 Å². The number of halogens is 5. The van der Waals surface area contributed by atoms with Crippen LogP contribution in [0.1, 0.15) is 11.1 Å². The lowest BCUT2D eigenvalue weighted by Gasteiger charge is -2.13. The van der Waals surface area contributed by atoms with Crippen molar-refractivity contribution in [1.82, 2.24) is 4.98 Å². The van der Waals surface area contributed by atoms with E-state index in [1.54, 1.807) is 18.2 Å².